The Morgan fingerprint density at radius 2 is 1.76 bits per heavy atom. The molecule has 1 heterocycles. The van der Waals surface area contributed by atoms with E-state index in [1.807, 2.05) is 4.90 Å². The first kappa shape index (κ1) is 16.4. The van der Waals surface area contributed by atoms with Crippen molar-refractivity contribution in [1.82, 2.24) is 9.21 Å². The second-order valence-corrected chi connectivity index (χ2v) is 7.56. The van der Waals surface area contributed by atoms with Gasteiger partial charge in [0, 0.05) is 30.7 Å². The van der Waals surface area contributed by atoms with Gasteiger partial charge in [0.25, 0.3) is 0 Å². The Hall–Kier alpha value is -0.960. The second kappa shape index (κ2) is 6.87. The van der Waals surface area contributed by atoms with Gasteiger partial charge in [-0.25, -0.2) is 8.42 Å². The Bertz CT molecular complexity index is 595. The molecule has 0 radical (unpaired) electrons. The maximum Gasteiger partial charge on any atom is 0.319 e. The number of methoxy groups -OCH3 is 1. The highest BCUT2D eigenvalue weighted by Crippen LogP contribution is 2.20. The zero-order valence-electron chi connectivity index (χ0n) is 11.7. The summed E-state index contributed by atoms with van der Waals surface area (Å²) in [4.78, 5) is 13.4. The number of nitrogens with zero attached hydrogens (tertiary/aromatic N) is 2. The zero-order chi connectivity index (χ0) is 15.5. The maximum absolute atomic E-state index is 12.5. The molecule has 0 spiro atoms. The number of esters is 1. The summed E-state index contributed by atoms with van der Waals surface area (Å²) in [5, 5.41) is 0. The average Bonchev–Trinajstić information content (AvgIpc) is 2.48. The SMILES string of the molecule is COC(=O)CN1CCN(S(=O)(=O)c2ccc(Br)cc2)CC1. The van der Waals surface area contributed by atoms with Gasteiger partial charge in [-0.3, -0.25) is 9.69 Å². The molecule has 0 N–H and O–H groups in total. The number of hydrogen-bond acceptors (Lipinski definition) is 5. The van der Waals surface area contributed by atoms with Crippen LogP contribution in [0.4, 0.5) is 0 Å². The van der Waals surface area contributed by atoms with E-state index in [2.05, 4.69) is 20.7 Å². The minimum Gasteiger partial charge on any atom is -0.468 e. The van der Waals surface area contributed by atoms with Gasteiger partial charge in [0.1, 0.15) is 0 Å². The third-order valence-electron chi connectivity index (χ3n) is 3.36. The normalized spacial score (nSPS) is 17.6. The third kappa shape index (κ3) is 4.03. The second-order valence-electron chi connectivity index (χ2n) is 4.71. The van der Waals surface area contributed by atoms with Crippen LogP contribution in [0.1, 0.15) is 0 Å². The number of benzene rings is 1. The number of carbonyl (C=O) groups is 1. The molecule has 0 atom stereocenters. The monoisotopic (exact) mass is 376 g/mol. The largest absolute Gasteiger partial charge is 0.468 e. The summed E-state index contributed by atoms with van der Waals surface area (Å²) in [6.07, 6.45) is 0. The lowest BCUT2D eigenvalue weighted by Crippen LogP contribution is -2.49. The van der Waals surface area contributed by atoms with Crippen molar-refractivity contribution in [3.63, 3.8) is 0 Å². The first-order valence-corrected chi connectivity index (χ1v) is 8.71. The molecule has 1 aromatic carbocycles. The van der Waals surface area contributed by atoms with Gasteiger partial charge in [0.15, 0.2) is 0 Å². The standard InChI is InChI=1S/C13H17BrN2O4S/c1-20-13(17)10-15-6-8-16(9-7-15)21(18,19)12-4-2-11(14)3-5-12/h2-5H,6-10H2,1H3. The third-order valence-corrected chi connectivity index (χ3v) is 5.80. The Labute approximate surface area is 132 Å². The summed E-state index contributed by atoms with van der Waals surface area (Å²) >= 11 is 3.29. The quantitative estimate of drug-likeness (QED) is 0.731. The van der Waals surface area contributed by atoms with Gasteiger partial charge in [-0.1, -0.05) is 15.9 Å². The van der Waals surface area contributed by atoms with E-state index in [-0.39, 0.29) is 17.4 Å². The van der Waals surface area contributed by atoms with Gasteiger partial charge in [-0.15, -0.1) is 0 Å². The summed E-state index contributed by atoms with van der Waals surface area (Å²) in [6.45, 7) is 1.98. The summed E-state index contributed by atoms with van der Waals surface area (Å²) in [5.41, 5.74) is 0. The van der Waals surface area contributed by atoms with Gasteiger partial charge in [0.2, 0.25) is 10.0 Å². The molecular weight excluding hydrogens is 360 g/mol. The van der Waals surface area contributed by atoms with Crippen LogP contribution in [0.15, 0.2) is 33.6 Å². The van der Waals surface area contributed by atoms with E-state index in [1.165, 1.54) is 11.4 Å². The maximum atomic E-state index is 12.5. The van der Waals surface area contributed by atoms with Crippen LogP contribution in [0.25, 0.3) is 0 Å². The van der Waals surface area contributed by atoms with Crippen molar-refractivity contribution >= 4 is 31.9 Å². The molecule has 0 bridgehead atoms. The minimum absolute atomic E-state index is 0.197. The smallest absolute Gasteiger partial charge is 0.319 e. The predicted molar refractivity (Wildman–Crippen MR) is 81.4 cm³/mol. The molecule has 0 unspecified atom stereocenters. The molecule has 0 amide bonds. The van der Waals surface area contributed by atoms with Crippen LogP contribution in [0.2, 0.25) is 0 Å². The fraction of sp³-hybridized carbons (Fsp3) is 0.462. The molecule has 21 heavy (non-hydrogen) atoms. The van der Waals surface area contributed by atoms with Crippen LogP contribution < -0.4 is 0 Å². The number of carbonyl (C=O) groups excluding carboxylic acids is 1. The highest BCUT2D eigenvalue weighted by atomic mass is 79.9. The van der Waals surface area contributed by atoms with E-state index >= 15 is 0 Å². The first-order chi connectivity index (χ1) is 9.93. The molecule has 1 fully saturated rings. The summed E-state index contributed by atoms with van der Waals surface area (Å²) < 4.78 is 31.9. The zero-order valence-corrected chi connectivity index (χ0v) is 14.1. The summed E-state index contributed by atoms with van der Waals surface area (Å²) in [5.74, 6) is -0.306. The molecule has 1 saturated heterocycles. The van der Waals surface area contributed by atoms with E-state index in [1.54, 1.807) is 24.3 Å². The van der Waals surface area contributed by atoms with Crippen LogP contribution >= 0.6 is 15.9 Å². The van der Waals surface area contributed by atoms with Crippen molar-refractivity contribution in [2.24, 2.45) is 0 Å². The van der Waals surface area contributed by atoms with Gasteiger partial charge in [-0.05, 0) is 24.3 Å². The van der Waals surface area contributed by atoms with Gasteiger partial charge in [-0.2, -0.15) is 4.31 Å². The molecular formula is C13H17BrN2O4S. The Balaban J connectivity index is 2.01. The molecule has 1 aliphatic heterocycles. The number of sulfonamides is 1. The minimum atomic E-state index is -3.47. The first-order valence-electron chi connectivity index (χ1n) is 6.48. The molecule has 1 aromatic rings. The van der Waals surface area contributed by atoms with E-state index in [0.717, 1.165) is 4.47 Å². The van der Waals surface area contributed by atoms with Crippen molar-refractivity contribution < 1.29 is 17.9 Å². The number of ether oxygens (including phenoxy) is 1. The van der Waals surface area contributed by atoms with E-state index in [9.17, 15) is 13.2 Å². The van der Waals surface area contributed by atoms with E-state index < -0.39 is 10.0 Å². The summed E-state index contributed by atoms with van der Waals surface area (Å²) in [6, 6.07) is 6.58. The van der Waals surface area contributed by atoms with Crippen LogP contribution in [0.5, 0.6) is 0 Å². The van der Waals surface area contributed by atoms with Crippen molar-refractivity contribution in [1.29, 1.82) is 0 Å². The highest BCUT2D eigenvalue weighted by Gasteiger charge is 2.29. The lowest BCUT2D eigenvalue weighted by Gasteiger charge is -2.33. The van der Waals surface area contributed by atoms with Crippen molar-refractivity contribution in [3.05, 3.63) is 28.7 Å². The van der Waals surface area contributed by atoms with Gasteiger partial charge in [0.05, 0.1) is 18.6 Å². The topological polar surface area (TPSA) is 66.9 Å². The lowest BCUT2D eigenvalue weighted by atomic mass is 10.3. The molecule has 2 rings (SSSR count). The van der Waals surface area contributed by atoms with Crippen molar-refractivity contribution in [3.8, 4) is 0 Å². The van der Waals surface area contributed by atoms with E-state index in [4.69, 9.17) is 0 Å². The number of hydrogen-bond donors (Lipinski definition) is 0. The molecule has 0 saturated carbocycles. The Morgan fingerprint density at radius 3 is 2.29 bits per heavy atom. The molecule has 116 valence electrons. The van der Waals surface area contributed by atoms with Crippen LogP contribution in [0.3, 0.4) is 0 Å². The number of rotatable bonds is 4. The van der Waals surface area contributed by atoms with Crippen molar-refractivity contribution in [2.75, 3.05) is 39.8 Å². The van der Waals surface area contributed by atoms with Gasteiger partial charge >= 0.3 is 5.97 Å². The Kier molecular flexibility index (Phi) is 5.37. The van der Waals surface area contributed by atoms with Crippen molar-refractivity contribution in [2.45, 2.75) is 4.90 Å². The fourth-order valence-electron chi connectivity index (χ4n) is 2.13. The lowest BCUT2D eigenvalue weighted by molar-refractivity contribution is -0.142. The molecule has 0 aromatic heterocycles. The van der Waals surface area contributed by atoms with Gasteiger partial charge < -0.3 is 4.74 Å². The molecule has 6 nitrogen and oxygen atoms in total. The molecule has 1 aliphatic rings. The summed E-state index contributed by atoms with van der Waals surface area (Å²) in [7, 11) is -2.12. The van der Waals surface area contributed by atoms with Crippen LogP contribution in [-0.2, 0) is 19.6 Å². The highest BCUT2D eigenvalue weighted by molar-refractivity contribution is 9.10. The van der Waals surface area contributed by atoms with E-state index in [0.29, 0.717) is 26.2 Å². The average molecular weight is 377 g/mol. The van der Waals surface area contributed by atoms with Crippen LogP contribution in [-0.4, -0.2) is 63.4 Å². The van der Waals surface area contributed by atoms with Crippen LogP contribution in [0, 0.1) is 0 Å². The predicted octanol–water partition coefficient (Wildman–Crippen LogP) is 0.928. The molecule has 8 heteroatoms. The number of piperazine rings is 1. The fourth-order valence-corrected chi connectivity index (χ4v) is 3.82. The Morgan fingerprint density at radius 1 is 1.19 bits per heavy atom. The molecule has 0 aliphatic carbocycles. The number of halogens is 1.